The summed E-state index contributed by atoms with van der Waals surface area (Å²) in [5.41, 5.74) is 0.328. The number of benzene rings is 1. The fourth-order valence-electron chi connectivity index (χ4n) is 3.39. The SMILES string of the molecule is COCCN1C(=O)C2CN(C(=O)Cc3ccccc3F)CCCN2C1=O. The van der Waals surface area contributed by atoms with E-state index in [0.29, 0.717) is 25.1 Å². The predicted octanol–water partition coefficient (Wildman–Crippen LogP) is 0.880. The first kappa shape index (κ1) is 18.3. The highest BCUT2D eigenvalue weighted by molar-refractivity contribution is 6.04. The Balaban J connectivity index is 1.70. The number of urea groups is 1. The van der Waals surface area contributed by atoms with Gasteiger partial charge in [-0.25, -0.2) is 9.18 Å². The van der Waals surface area contributed by atoms with Gasteiger partial charge in [0, 0.05) is 20.2 Å². The molecule has 3 rings (SSSR count). The first-order valence-corrected chi connectivity index (χ1v) is 8.65. The zero-order valence-electron chi connectivity index (χ0n) is 14.7. The van der Waals surface area contributed by atoms with Gasteiger partial charge in [0.25, 0.3) is 5.91 Å². The lowest BCUT2D eigenvalue weighted by Gasteiger charge is -2.23. The van der Waals surface area contributed by atoms with Gasteiger partial charge in [0.05, 0.1) is 26.1 Å². The van der Waals surface area contributed by atoms with Gasteiger partial charge < -0.3 is 14.5 Å². The van der Waals surface area contributed by atoms with Crippen molar-refractivity contribution in [3.05, 3.63) is 35.6 Å². The molecular weight excluding hydrogens is 341 g/mol. The second kappa shape index (κ2) is 7.82. The normalized spacial score (nSPS) is 20.4. The molecule has 0 spiro atoms. The summed E-state index contributed by atoms with van der Waals surface area (Å²) in [6, 6.07) is 5.15. The number of methoxy groups -OCH3 is 1. The number of rotatable bonds is 5. The minimum absolute atomic E-state index is 0.0606. The largest absolute Gasteiger partial charge is 0.383 e. The minimum atomic E-state index is -0.675. The summed E-state index contributed by atoms with van der Waals surface area (Å²) in [5, 5.41) is 0. The Morgan fingerprint density at radius 2 is 2.04 bits per heavy atom. The van der Waals surface area contributed by atoms with Crippen molar-refractivity contribution in [2.24, 2.45) is 0 Å². The van der Waals surface area contributed by atoms with E-state index in [0.717, 1.165) is 0 Å². The lowest BCUT2D eigenvalue weighted by Crippen LogP contribution is -2.44. The van der Waals surface area contributed by atoms with E-state index < -0.39 is 11.9 Å². The summed E-state index contributed by atoms with van der Waals surface area (Å²) < 4.78 is 18.7. The number of ether oxygens (including phenoxy) is 1. The molecule has 26 heavy (non-hydrogen) atoms. The first-order valence-electron chi connectivity index (χ1n) is 8.65. The van der Waals surface area contributed by atoms with Crippen LogP contribution in [0.2, 0.25) is 0 Å². The van der Waals surface area contributed by atoms with Crippen molar-refractivity contribution in [2.45, 2.75) is 18.9 Å². The average molecular weight is 363 g/mol. The molecule has 0 aromatic heterocycles. The van der Waals surface area contributed by atoms with Crippen LogP contribution >= 0.6 is 0 Å². The van der Waals surface area contributed by atoms with Gasteiger partial charge in [-0.15, -0.1) is 0 Å². The highest BCUT2D eigenvalue weighted by Gasteiger charge is 2.46. The number of hydrogen-bond acceptors (Lipinski definition) is 4. The van der Waals surface area contributed by atoms with E-state index in [9.17, 15) is 18.8 Å². The molecule has 4 amide bonds. The Morgan fingerprint density at radius 1 is 1.27 bits per heavy atom. The molecule has 1 unspecified atom stereocenters. The minimum Gasteiger partial charge on any atom is -0.383 e. The van der Waals surface area contributed by atoms with Gasteiger partial charge in [0.2, 0.25) is 5.91 Å². The highest BCUT2D eigenvalue weighted by Crippen LogP contribution is 2.22. The van der Waals surface area contributed by atoms with Crippen LogP contribution in [0.25, 0.3) is 0 Å². The van der Waals surface area contributed by atoms with Crippen molar-refractivity contribution in [3.8, 4) is 0 Å². The third kappa shape index (κ3) is 3.55. The Labute approximate surface area is 151 Å². The predicted molar refractivity (Wildman–Crippen MR) is 90.8 cm³/mol. The van der Waals surface area contributed by atoms with Crippen LogP contribution in [-0.4, -0.2) is 78.5 Å². The number of fused-ring (bicyclic) bond motifs is 1. The average Bonchev–Trinajstić information content (AvgIpc) is 2.80. The quantitative estimate of drug-likeness (QED) is 0.729. The topological polar surface area (TPSA) is 70.2 Å². The molecule has 8 heteroatoms. The summed E-state index contributed by atoms with van der Waals surface area (Å²) in [6.07, 6.45) is 0.519. The molecule has 2 saturated heterocycles. The Morgan fingerprint density at radius 3 is 2.77 bits per heavy atom. The van der Waals surface area contributed by atoms with Gasteiger partial charge in [-0.1, -0.05) is 18.2 Å². The number of imide groups is 1. The van der Waals surface area contributed by atoms with E-state index >= 15 is 0 Å². The van der Waals surface area contributed by atoms with Crippen molar-refractivity contribution in [2.75, 3.05) is 39.9 Å². The van der Waals surface area contributed by atoms with Gasteiger partial charge in [0.15, 0.2) is 0 Å². The monoisotopic (exact) mass is 363 g/mol. The van der Waals surface area contributed by atoms with Crippen LogP contribution < -0.4 is 0 Å². The van der Waals surface area contributed by atoms with Gasteiger partial charge in [-0.3, -0.25) is 14.5 Å². The molecule has 2 fully saturated rings. The molecule has 1 atom stereocenters. The van der Waals surface area contributed by atoms with E-state index in [4.69, 9.17) is 4.74 Å². The number of carbonyl (C=O) groups excluding carboxylic acids is 3. The summed E-state index contributed by atoms with van der Waals surface area (Å²) in [4.78, 5) is 41.9. The lowest BCUT2D eigenvalue weighted by molar-refractivity contribution is -0.133. The van der Waals surface area contributed by atoms with Gasteiger partial charge in [-0.05, 0) is 18.1 Å². The molecule has 0 radical (unpaired) electrons. The molecule has 2 aliphatic rings. The zero-order valence-corrected chi connectivity index (χ0v) is 14.7. The number of halogens is 1. The maximum absolute atomic E-state index is 13.8. The van der Waals surface area contributed by atoms with E-state index in [2.05, 4.69) is 0 Å². The third-order valence-electron chi connectivity index (χ3n) is 4.80. The smallest absolute Gasteiger partial charge is 0.327 e. The van der Waals surface area contributed by atoms with Gasteiger partial charge in [0.1, 0.15) is 11.9 Å². The second-order valence-electron chi connectivity index (χ2n) is 6.44. The summed E-state index contributed by atoms with van der Waals surface area (Å²) in [6.45, 7) is 1.47. The Bertz CT molecular complexity index is 711. The molecule has 7 nitrogen and oxygen atoms in total. The molecule has 1 aromatic rings. The van der Waals surface area contributed by atoms with Crippen molar-refractivity contribution < 1.29 is 23.5 Å². The fourth-order valence-corrected chi connectivity index (χ4v) is 3.39. The summed E-state index contributed by atoms with van der Waals surface area (Å²) in [7, 11) is 1.51. The molecule has 2 aliphatic heterocycles. The van der Waals surface area contributed by atoms with E-state index in [1.54, 1.807) is 23.1 Å². The number of carbonyl (C=O) groups is 3. The molecule has 0 N–H and O–H groups in total. The summed E-state index contributed by atoms with van der Waals surface area (Å²) in [5.74, 6) is -0.972. The number of nitrogens with zero attached hydrogens (tertiary/aromatic N) is 3. The maximum Gasteiger partial charge on any atom is 0.327 e. The van der Waals surface area contributed by atoms with Crippen molar-refractivity contribution >= 4 is 17.8 Å². The van der Waals surface area contributed by atoms with Crippen LogP contribution in [0.3, 0.4) is 0 Å². The van der Waals surface area contributed by atoms with E-state index in [1.165, 1.54) is 23.0 Å². The first-order chi connectivity index (χ1) is 12.5. The molecule has 0 bridgehead atoms. The molecule has 1 aromatic carbocycles. The standard InChI is InChI=1S/C18H22FN3O4/c1-26-10-9-22-17(24)15-12-20(7-4-8-21(15)18(22)25)16(23)11-13-5-2-3-6-14(13)19/h2-3,5-6,15H,4,7-12H2,1H3. The van der Waals surface area contributed by atoms with Crippen LogP contribution in [0.15, 0.2) is 24.3 Å². The second-order valence-corrected chi connectivity index (χ2v) is 6.44. The molecule has 140 valence electrons. The van der Waals surface area contributed by atoms with Gasteiger partial charge >= 0.3 is 6.03 Å². The Hall–Kier alpha value is -2.48. The van der Waals surface area contributed by atoms with Crippen LogP contribution in [0.4, 0.5) is 9.18 Å². The summed E-state index contributed by atoms with van der Waals surface area (Å²) >= 11 is 0. The molecule has 0 aliphatic carbocycles. The molecular formula is C18H22FN3O4. The third-order valence-corrected chi connectivity index (χ3v) is 4.80. The highest BCUT2D eigenvalue weighted by atomic mass is 19.1. The lowest BCUT2D eigenvalue weighted by atomic mass is 10.1. The maximum atomic E-state index is 13.8. The van der Waals surface area contributed by atoms with Crippen molar-refractivity contribution in [1.29, 1.82) is 0 Å². The van der Waals surface area contributed by atoms with Crippen LogP contribution in [-0.2, 0) is 20.7 Å². The Kier molecular flexibility index (Phi) is 5.51. The van der Waals surface area contributed by atoms with Crippen molar-refractivity contribution in [1.82, 2.24) is 14.7 Å². The zero-order chi connectivity index (χ0) is 18.7. The van der Waals surface area contributed by atoms with Crippen molar-refractivity contribution in [3.63, 3.8) is 0 Å². The number of hydrogen-bond donors (Lipinski definition) is 0. The fraction of sp³-hybridized carbons (Fsp3) is 0.500. The van der Waals surface area contributed by atoms with Crippen LogP contribution in [0.1, 0.15) is 12.0 Å². The van der Waals surface area contributed by atoms with E-state index in [-0.39, 0.29) is 44.0 Å². The molecule has 0 saturated carbocycles. The number of amides is 4. The van der Waals surface area contributed by atoms with Crippen LogP contribution in [0.5, 0.6) is 0 Å². The van der Waals surface area contributed by atoms with Crippen LogP contribution in [0, 0.1) is 5.82 Å². The molecule has 2 heterocycles. The van der Waals surface area contributed by atoms with E-state index in [1.807, 2.05) is 0 Å². The van der Waals surface area contributed by atoms with Gasteiger partial charge in [-0.2, -0.15) is 0 Å².